The molecular formula is C21H22ClNO5. The van der Waals surface area contributed by atoms with Crippen molar-refractivity contribution in [1.29, 1.82) is 0 Å². The van der Waals surface area contributed by atoms with E-state index in [1.807, 2.05) is 31.2 Å². The third kappa shape index (κ3) is 5.39. The maximum Gasteiger partial charge on any atom is 0.338 e. The lowest BCUT2D eigenvalue weighted by Crippen LogP contribution is -2.28. The van der Waals surface area contributed by atoms with Crippen molar-refractivity contribution in [3.63, 3.8) is 0 Å². The second-order valence-corrected chi connectivity index (χ2v) is 6.86. The van der Waals surface area contributed by atoms with Gasteiger partial charge in [0.25, 0.3) is 0 Å². The summed E-state index contributed by atoms with van der Waals surface area (Å²) >= 11 is 6.12. The first kappa shape index (κ1) is 20.0. The molecule has 0 spiro atoms. The van der Waals surface area contributed by atoms with Gasteiger partial charge in [0.15, 0.2) is 11.5 Å². The van der Waals surface area contributed by atoms with Crippen molar-refractivity contribution in [2.24, 2.45) is 0 Å². The quantitative estimate of drug-likeness (QED) is 0.567. The van der Waals surface area contributed by atoms with E-state index in [0.717, 1.165) is 5.56 Å². The van der Waals surface area contributed by atoms with Gasteiger partial charge < -0.3 is 19.5 Å². The van der Waals surface area contributed by atoms with Crippen molar-refractivity contribution in [2.75, 3.05) is 26.4 Å². The van der Waals surface area contributed by atoms with E-state index in [4.69, 9.17) is 25.8 Å². The van der Waals surface area contributed by atoms with Crippen LogP contribution in [0.4, 0.5) is 0 Å². The Morgan fingerprint density at radius 3 is 2.68 bits per heavy atom. The van der Waals surface area contributed by atoms with Crippen LogP contribution >= 0.6 is 11.6 Å². The number of hydrogen-bond acceptors (Lipinski definition) is 5. The van der Waals surface area contributed by atoms with Crippen molar-refractivity contribution < 1.29 is 23.8 Å². The predicted octanol–water partition coefficient (Wildman–Crippen LogP) is 3.33. The fourth-order valence-corrected chi connectivity index (χ4v) is 3.01. The average molecular weight is 404 g/mol. The van der Waals surface area contributed by atoms with E-state index < -0.39 is 5.97 Å². The molecule has 0 saturated heterocycles. The number of ether oxygens (including phenoxy) is 3. The summed E-state index contributed by atoms with van der Waals surface area (Å²) in [5, 5.41) is 3.05. The monoisotopic (exact) mass is 403 g/mol. The summed E-state index contributed by atoms with van der Waals surface area (Å²) in [5.41, 5.74) is 2.58. The molecule has 1 heterocycles. The molecule has 1 amide bonds. The lowest BCUT2D eigenvalue weighted by atomic mass is 10.1. The molecular weight excluding hydrogens is 382 g/mol. The molecule has 1 N–H and O–H groups in total. The van der Waals surface area contributed by atoms with E-state index in [1.54, 1.807) is 6.07 Å². The Morgan fingerprint density at radius 1 is 1.14 bits per heavy atom. The summed E-state index contributed by atoms with van der Waals surface area (Å²) in [6.45, 7) is 3.16. The zero-order valence-corrected chi connectivity index (χ0v) is 16.4. The fourth-order valence-electron chi connectivity index (χ4n) is 2.75. The van der Waals surface area contributed by atoms with Gasteiger partial charge in [0.1, 0.15) is 19.8 Å². The molecule has 148 valence electrons. The second-order valence-electron chi connectivity index (χ2n) is 6.45. The first-order chi connectivity index (χ1) is 13.5. The summed E-state index contributed by atoms with van der Waals surface area (Å²) in [4.78, 5) is 24.1. The second kappa shape index (κ2) is 9.46. The van der Waals surface area contributed by atoms with Crippen LogP contribution in [-0.2, 0) is 16.0 Å². The topological polar surface area (TPSA) is 73.9 Å². The summed E-state index contributed by atoms with van der Waals surface area (Å²) in [5.74, 6) is 0.243. The van der Waals surface area contributed by atoms with Crippen LogP contribution in [0.25, 0.3) is 0 Å². The molecule has 0 aromatic heterocycles. The number of benzene rings is 2. The SMILES string of the molecule is Cc1ccc(CCC(=O)NCCOC(=O)c2cc(Cl)c3c(c2)OCCO3)cc1. The largest absolute Gasteiger partial charge is 0.486 e. The molecule has 6 nitrogen and oxygen atoms in total. The molecule has 0 saturated carbocycles. The van der Waals surface area contributed by atoms with Gasteiger partial charge in [-0.25, -0.2) is 4.79 Å². The van der Waals surface area contributed by atoms with E-state index in [-0.39, 0.29) is 24.6 Å². The van der Waals surface area contributed by atoms with Crippen LogP contribution in [0.3, 0.4) is 0 Å². The summed E-state index contributed by atoms with van der Waals surface area (Å²) in [7, 11) is 0. The van der Waals surface area contributed by atoms with Crippen molar-refractivity contribution in [1.82, 2.24) is 5.32 Å². The van der Waals surface area contributed by atoms with E-state index in [2.05, 4.69) is 5.32 Å². The van der Waals surface area contributed by atoms with Gasteiger partial charge in [-0.05, 0) is 31.0 Å². The number of nitrogens with one attached hydrogen (secondary N) is 1. The number of carbonyl (C=O) groups excluding carboxylic acids is 2. The summed E-state index contributed by atoms with van der Waals surface area (Å²) in [6, 6.07) is 11.1. The minimum Gasteiger partial charge on any atom is -0.486 e. The van der Waals surface area contributed by atoms with E-state index >= 15 is 0 Å². The Morgan fingerprint density at radius 2 is 1.89 bits per heavy atom. The van der Waals surface area contributed by atoms with Crippen LogP contribution in [-0.4, -0.2) is 38.2 Å². The molecule has 2 aromatic carbocycles. The highest BCUT2D eigenvalue weighted by molar-refractivity contribution is 6.32. The smallest absolute Gasteiger partial charge is 0.338 e. The zero-order chi connectivity index (χ0) is 19.9. The van der Waals surface area contributed by atoms with Gasteiger partial charge >= 0.3 is 5.97 Å². The third-order valence-corrected chi connectivity index (χ3v) is 4.53. The van der Waals surface area contributed by atoms with Gasteiger partial charge in [-0.2, -0.15) is 0 Å². The first-order valence-electron chi connectivity index (χ1n) is 9.11. The number of amides is 1. The summed E-state index contributed by atoms with van der Waals surface area (Å²) < 4.78 is 16.1. The highest BCUT2D eigenvalue weighted by atomic mass is 35.5. The van der Waals surface area contributed by atoms with Crippen molar-refractivity contribution in [2.45, 2.75) is 19.8 Å². The maximum absolute atomic E-state index is 12.2. The lowest BCUT2D eigenvalue weighted by molar-refractivity contribution is -0.121. The van der Waals surface area contributed by atoms with E-state index in [0.29, 0.717) is 42.6 Å². The Balaban J connectivity index is 1.40. The van der Waals surface area contributed by atoms with Crippen LogP contribution in [0.5, 0.6) is 11.5 Å². The maximum atomic E-state index is 12.2. The first-order valence-corrected chi connectivity index (χ1v) is 9.49. The van der Waals surface area contributed by atoms with Gasteiger partial charge in [-0.3, -0.25) is 4.79 Å². The molecule has 3 rings (SSSR count). The number of rotatable bonds is 7. The van der Waals surface area contributed by atoms with Gasteiger partial charge in [-0.15, -0.1) is 0 Å². The minimum atomic E-state index is -0.534. The Labute approximate surface area is 168 Å². The van der Waals surface area contributed by atoms with Crippen LogP contribution in [0.1, 0.15) is 27.9 Å². The molecule has 1 aliphatic rings. The van der Waals surface area contributed by atoms with Crippen LogP contribution < -0.4 is 14.8 Å². The number of fused-ring (bicyclic) bond motifs is 1. The number of carbonyl (C=O) groups is 2. The number of aryl methyl sites for hydroxylation is 2. The molecule has 0 aliphatic carbocycles. The van der Waals surface area contributed by atoms with Gasteiger partial charge in [0, 0.05) is 6.42 Å². The molecule has 0 atom stereocenters. The van der Waals surface area contributed by atoms with E-state index in [1.165, 1.54) is 11.6 Å². The molecule has 0 fully saturated rings. The fraction of sp³-hybridized carbons (Fsp3) is 0.333. The van der Waals surface area contributed by atoms with Crippen molar-refractivity contribution in [3.8, 4) is 11.5 Å². The number of hydrogen-bond donors (Lipinski definition) is 1. The lowest BCUT2D eigenvalue weighted by Gasteiger charge is -2.20. The van der Waals surface area contributed by atoms with Gasteiger partial charge in [0.05, 0.1) is 17.1 Å². The minimum absolute atomic E-state index is 0.0706. The van der Waals surface area contributed by atoms with Gasteiger partial charge in [-0.1, -0.05) is 41.4 Å². The molecule has 2 aromatic rings. The van der Waals surface area contributed by atoms with Crippen molar-refractivity contribution in [3.05, 3.63) is 58.1 Å². The van der Waals surface area contributed by atoms with Crippen molar-refractivity contribution >= 4 is 23.5 Å². The van der Waals surface area contributed by atoms with Gasteiger partial charge in [0.2, 0.25) is 5.91 Å². The zero-order valence-electron chi connectivity index (χ0n) is 15.6. The molecule has 7 heteroatoms. The normalized spacial score (nSPS) is 12.4. The average Bonchev–Trinajstić information content (AvgIpc) is 2.70. The predicted molar refractivity (Wildman–Crippen MR) is 105 cm³/mol. The highest BCUT2D eigenvalue weighted by Gasteiger charge is 2.20. The standard InChI is InChI=1S/C21H22ClNO5/c1-14-2-4-15(5-3-14)6-7-19(24)23-8-9-28-21(25)16-12-17(22)20-18(13-16)26-10-11-27-20/h2-5,12-13H,6-11H2,1H3,(H,23,24). The molecule has 28 heavy (non-hydrogen) atoms. The Bertz CT molecular complexity index is 851. The third-order valence-electron chi connectivity index (χ3n) is 4.25. The van der Waals surface area contributed by atoms with Crippen LogP contribution in [0, 0.1) is 6.92 Å². The molecule has 0 radical (unpaired) electrons. The molecule has 1 aliphatic heterocycles. The highest BCUT2D eigenvalue weighted by Crippen LogP contribution is 2.38. The molecule has 0 unspecified atom stereocenters. The van der Waals surface area contributed by atoms with Crippen LogP contribution in [0.15, 0.2) is 36.4 Å². The van der Waals surface area contributed by atoms with Crippen LogP contribution in [0.2, 0.25) is 5.02 Å². The number of halogens is 1. The van der Waals surface area contributed by atoms with E-state index in [9.17, 15) is 9.59 Å². The molecule has 0 bridgehead atoms. The Kier molecular flexibility index (Phi) is 6.76. The summed E-state index contributed by atoms with van der Waals surface area (Å²) in [6.07, 6.45) is 1.05. The Hall–Kier alpha value is -2.73. The number of esters is 1.